The molecular formula is C27H26N2O4. The van der Waals surface area contributed by atoms with Crippen molar-refractivity contribution in [2.45, 2.75) is 44.6 Å². The third-order valence-corrected chi connectivity index (χ3v) is 6.45. The number of benzene rings is 2. The molecule has 0 unspecified atom stereocenters. The monoisotopic (exact) mass is 442 g/mol. The molecule has 3 N–H and O–H groups in total. The van der Waals surface area contributed by atoms with Crippen molar-refractivity contribution < 1.29 is 19.7 Å². The molecule has 5 rings (SSSR count). The highest BCUT2D eigenvalue weighted by Crippen LogP contribution is 2.44. The number of rotatable bonds is 6. The van der Waals surface area contributed by atoms with Gasteiger partial charge in [0.2, 0.25) is 0 Å². The van der Waals surface area contributed by atoms with Crippen LogP contribution in [0.2, 0.25) is 0 Å². The number of H-pyrrole nitrogens is 1. The molecule has 4 aromatic rings. The van der Waals surface area contributed by atoms with Gasteiger partial charge in [0.1, 0.15) is 18.1 Å². The largest absolute Gasteiger partial charge is 0.507 e. The van der Waals surface area contributed by atoms with E-state index < -0.39 is 5.97 Å². The molecule has 6 nitrogen and oxygen atoms in total. The average Bonchev–Trinajstić information content (AvgIpc) is 3.22. The first kappa shape index (κ1) is 21.1. The van der Waals surface area contributed by atoms with Crippen LogP contribution in [0, 0.1) is 0 Å². The third kappa shape index (κ3) is 4.29. The average molecular weight is 443 g/mol. The van der Waals surface area contributed by atoms with Gasteiger partial charge in [0, 0.05) is 28.7 Å². The molecule has 0 atom stereocenters. The highest BCUT2D eigenvalue weighted by Gasteiger charge is 2.25. The topological polar surface area (TPSA) is 95.4 Å². The normalized spacial score (nSPS) is 14.4. The molecule has 1 fully saturated rings. The van der Waals surface area contributed by atoms with Crippen molar-refractivity contribution in [2.24, 2.45) is 0 Å². The van der Waals surface area contributed by atoms with Gasteiger partial charge in [0.15, 0.2) is 0 Å². The van der Waals surface area contributed by atoms with E-state index >= 15 is 0 Å². The fourth-order valence-corrected chi connectivity index (χ4v) is 4.83. The number of fused-ring (bicyclic) bond motifs is 1. The molecule has 1 aliphatic carbocycles. The Balaban J connectivity index is 1.53. The van der Waals surface area contributed by atoms with Crippen LogP contribution in [0.1, 0.15) is 59.6 Å². The maximum Gasteiger partial charge on any atom is 0.335 e. The summed E-state index contributed by atoms with van der Waals surface area (Å²) in [6, 6.07) is 16.2. The van der Waals surface area contributed by atoms with E-state index in [0.717, 1.165) is 35.1 Å². The van der Waals surface area contributed by atoms with Crippen molar-refractivity contribution in [3.63, 3.8) is 0 Å². The van der Waals surface area contributed by atoms with E-state index in [-0.39, 0.29) is 11.3 Å². The van der Waals surface area contributed by atoms with Gasteiger partial charge in [-0.1, -0.05) is 31.4 Å². The molecule has 2 aromatic carbocycles. The minimum absolute atomic E-state index is 0.121. The van der Waals surface area contributed by atoms with E-state index in [0.29, 0.717) is 23.8 Å². The molecule has 0 saturated heterocycles. The number of carboxylic acid groups (broad SMARTS) is 1. The van der Waals surface area contributed by atoms with Crippen LogP contribution < -0.4 is 4.74 Å². The number of aromatic amines is 1. The maximum atomic E-state index is 11.5. The number of nitrogens with zero attached hydrogens (tertiary/aromatic N) is 1. The minimum Gasteiger partial charge on any atom is -0.507 e. The molecule has 0 spiro atoms. The zero-order valence-corrected chi connectivity index (χ0v) is 18.3. The SMILES string of the molecule is O=C(O)c1ccc2c(C3CCCCC3)c(-c3ccc(OCc4ccccn4)cc3O)[nH]c2c1. The summed E-state index contributed by atoms with van der Waals surface area (Å²) in [6.07, 6.45) is 7.49. The Morgan fingerprint density at radius 2 is 1.91 bits per heavy atom. The van der Waals surface area contributed by atoms with Crippen LogP contribution >= 0.6 is 0 Å². The second-order valence-corrected chi connectivity index (χ2v) is 8.60. The number of aromatic hydroxyl groups is 1. The molecule has 0 radical (unpaired) electrons. The van der Waals surface area contributed by atoms with Crippen molar-refractivity contribution in [1.82, 2.24) is 9.97 Å². The molecule has 2 heterocycles. The Morgan fingerprint density at radius 3 is 2.64 bits per heavy atom. The number of aromatic nitrogens is 2. The lowest BCUT2D eigenvalue weighted by Gasteiger charge is -2.23. The van der Waals surface area contributed by atoms with Gasteiger partial charge >= 0.3 is 5.97 Å². The van der Waals surface area contributed by atoms with Crippen LogP contribution in [0.4, 0.5) is 0 Å². The lowest BCUT2D eigenvalue weighted by atomic mass is 9.81. The highest BCUT2D eigenvalue weighted by atomic mass is 16.5. The number of phenols is 1. The number of ether oxygens (including phenoxy) is 1. The Bertz CT molecular complexity index is 1290. The number of hydrogen-bond donors (Lipinski definition) is 3. The van der Waals surface area contributed by atoms with Gasteiger partial charge in [-0.3, -0.25) is 4.98 Å². The van der Waals surface area contributed by atoms with Gasteiger partial charge in [-0.15, -0.1) is 0 Å². The van der Waals surface area contributed by atoms with Gasteiger partial charge in [-0.25, -0.2) is 4.79 Å². The number of carboxylic acids is 1. The summed E-state index contributed by atoms with van der Waals surface area (Å²) < 4.78 is 5.81. The Labute approximate surface area is 191 Å². The first-order valence-corrected chi connectivity index (χ1v) is 11.3. The minimum atomic E-state index is -0.954. The second kappa shape index (κ2) is 8.98. The first-order valence-electron chi connectivity index (χ1n) is 11.3. The lowest BCUT2D eigenvalue weighted by molar-refractivity contribution is 0.0697. The highest BCUT2D eigenvalue weighted by molar-refractivity contribution is 5.98. The molecule has 2 aromatic heterocycles. The van der Waals surface area contributed by atoms with Crippen LogP contribution in [0.3, 0.4) is 0 Å². The number of carbonyl (C=O) groups is 1. The van der Waals surface area contributed by atoms with Gasteiger partial charge in [-0.2, -0.15) is 0 Å². The number of phenolic OH excluding ortho intramolecular Hbond substituents is 1. The Morgan fingerprint density at radius 1 is 1.06 bits per heavy atom. The van der Waals surface area contributed by atoms with Gasteiger partial charge in [0.05, 0.1) is 17.0 Å². The van der Waals surface area contributed by atoms with E-state index in [9.17, 15) is 15.0 Å². The molecule has 1 aliphatic rings. The van der Waals surface area contributed by atoms with Gasteiger partial charge < -0.3 is 19.9 Å². The fourth-order valence-electron chi connectivity index (χ4n) is 4.83. The van der Waals surface area contributed by atoms with E-state index in [4.69, 9.17) is 4.74 Å². The van der Waals surface area contributed by atoms with Crippen molar-refractivity contribution in [2.75, 3.05) is 0 Å². The van der Waals surface area contributed by atoms with Crippen molar-refractivity contribution in [1.29, 1.82) is 0 Å². The molecule has 168 valence electrons. The van der Waals surface area contributed by atoms with Crippen LogP contribution in [0.5, 0.6) is 11.5 Å². The van der Waals surface area contributed by atoms with E-state index in [1.54, 1.807) is 24.4 Å². The van der Waals surface area contributed by atoms with Crippen molar-refractivity contribution in [3.05, 3.63) is 77.6 Å². The summed E-state index contributed by atoms with van der Waals surface area (Å²) in [5.74, 6) is 0.100. The summed E-state index contributed by atoms with van der Waals surface area (Å²) in [4.78, 5) is 19.2. The number of aromatic carboxylic acids is 1. The molecule has 0 aliphatic heterocycles. The summed E-state index contributed by atoms with van der Waals surface area (Å²) in [7, 11) is 0. The molecule has 6 heteroatoms. The zero-order chi connectivity index (χ0) is 22.8. The number of pyridine rings is 1. The predicted octanol–water partition coefficient (Wildman–Crippen LogP) is 6.26. The van der Waals surface area contributed by atoms with Crippen LogP contribution in [0.15, 0.2) is 60.8 Å². The Kier molecular flexibility index (Phi) is 5.73. The van der Waals surface area contributed by atoms with Gasteiger partial charge in [0.25, 0.3) is 0 Å². The Hall–Kier alpha value is -3.80. The molecular weight excluding hydrogens is 416 g/mol. The summed E-state index contributed by atoms with van der Waals surface area (Å²) in [5.41, 5.74) is 4.54. The first-order chi connectivity index (χ1) is 16.1. The van der Waals surface area contributed by atoms with Crippen LogP contribution in [-0.2, 0) is 6.61 Å². The number of hydrogen-bond acceptors (Lipinski definition) is 4. The van der Waals surface area contributed by atoms with Crippen molar-refractivity contribution >= 4 is 16.9 Å². The maximum absolute atomic E-state index is 11.5. The van der Waals surface area contributed by atoms with Crippen LogP contribution in [-0.4, -0.2) is 26.2 Å². The second-order valence-electron chi connectivity index (χ2n) is 8.60. The quantitative estimate of drug-likeness (QED) is 0.327. The van der Waals surface area contributed by atoms with E-state index in [2.05, 4.69) is 9.97 Å². The summed E-state index contributed by atoms with van der Waals surface area (Å²) in [5, 5.41) is 21.4. The predicted molar refractivity (Wildman–Crippen MR) is 127 cm³/mol. The van der Waals surface area contributed by atoms with Crippen LogP contribution in [0.25, 0.3) is 22.2 Å². The molecule has 33 heavy (non-hydrogen) atoms. The molecule has 0 amide bonds. The standard InChI is InChI=1S/C27H26N2O4/c30-24-15-20(33-16-19-8-4-5-13-28-19)10-12-22(24)26-25(17-6-2-1-3-7-17)21-11-9-18(27(31)32)14-23(21)29-26/h4-5,8-15,17,29-30H,1-3,6-7,16H2,(H,31,32). The lowest BCUT2D eigenvalue weighted by Crippen LogP contribution is -2.05. The smallest absolute Gasteiger partial charge is 0.335 e. The third-order valence-electron chi connectivity index (χ3n) is 6.45. The number of nitrogens with one attached hydrogen (secondary N) is 1. The summed E-state index contributed by atoms with van der Waals surface area (Å²) >= 11 is 0. The van der Waals surface area contributed by atoms with Crippen molar-refractivity contribution in [3.8, 4) is 22.8 Å². The zero-order valence-electron chi connectivity index (χ0n) is 18.3. The molecule has 1 saturated carbocycles. The fraction of sp³-hybridized carbons (Fsp3) is 0.259. The van der Waals surface area contributed by atoms with Gasteiger partial charge in [-0.05, 0) is 60.7 Å². The summed E-state index contributed by atoms with van der Waals surface area (Å²) in [6.45, 7) is 0.317. The molecule has 0 bridgehead atoms. The van der Waals surface area contributed by atoms with E-state index in [1.165, 1.54) is 24.8 Å². The van der Waals surface area contributed by atoms with E-state index in [1.807, 2.05) is 36.4 Å².